The smallest absolute Gasteiger partial charge is 0.277 e. The summed E-state index contributed by atoms with van der Waals surface area (Å²) in [6, 6.07) is 36.1. The van der Waals surface area contributed by atoms with Gasteiger partial charge in [0.15, 0.2) is 6.61 Å². The van der Waals surface area contributed by atoms with E-state index in [1.165, 1.54) is 12.3 Å². The van der Waals surface area contributed by atoms with Crippen molar-refractivity contribution < 1.29 is 14.6 Å². The Kier molecular flexibility index (Phi) is 7.46. The Morgan fingerprint density at radius 3 is 2.37 bits per heavy atom. The highest BCUT2D eigenvalue weighted by atomic mass is 16.5. The van der Waals surface area contributed by atoms with E-state index in [9.17, 15) is 9.90 Å². The lowest BCUT2D eigenvalue weighted by Gasteiger charge is -2.07. The van der Waals surface area contributed by atoms with Gasteiger partial charge >= 0.3 is 0 Å². The standard InChI is InChI=1S/C31H24N4O3/c36-30-18-15-26(33-34-29-12-6-10-24-9-4-5-11-28(24)29)19-25(30)20-32-35-31(37)21-38-27-16-13-23(14-17-27)22-7-2-1-3-8-22/h1-20,36H,21H2,(H,35,37)/b32-20+,34-33?. The van der Waals surface area contributed by atoms with Crippen molar-refractivity contribution in [2.45, 2.75) is 0 Å². The van der Waals surface area contributed by atoms with E-state index in [1.54, 1.807) is 12.1 Å². The second kappa shape index (κ2) is 11.6. The number of nitrogens with zero attached hydrogens (tertiary/aromatic N) is 3. The van der Waals surface area contributed by atoms with Gasteiger partial charge in [-0.1, -0.05) is 78.9 Å². The molecule has 5 aromatic rings. The Bertz CT molecular complexity index is 1610. The van der Waals surface area contributed by atoms with Crippen molar-refractivity contribution in [2.24, 2.45) is 15.3 Å². The number of carbonyl (C=O) groups is 1. The van der Waals surface area contributed by atoms with Gasteiger partial charge in [0.05, 0.1) is 17.6 Å². The van der Waals surface area contributed by atoms with Crippen LogP contribution < -0.4 is 10.2 Å². The molecular weight excluding hydrogens is 476 g/mol. The normalized spacial score (nSPS) is 11.3. The van der Waals surface area contributed by atoms with Crippen molar-refractivity contribution >= 4 is 34.3 Å². The molecule has 186 valence electrons. The molecule has 0 heterocycles. The number of carbonyl (C=O) groups excluding carboxylic acids is 1. The van der Waals surface area contributed by atoms with Gasteiger partial charge in [0.2, 0.25) is 0 Å². The lowest BCUT2D eigenvalue weighted by Crippen LogP contribution is -2.24. The third kappa shape index (κ3) is 6.09. The van der Waals surface area contributed by atoms with Gasteiger partial charge in [-0.3, -0.25) is 4.79 Å². The number of rotatable bonds is 8. The molecule has 0 saturated carbocycles. The maximum absolute atomic E-state index is 12.2. The van der Waals surface area contributed by atoms with Gasteiger partial charge in [0.25, 0.3) is 5.91 Å². The molecule has 0 atom stereocenters. The van der Waals surface area contributed by atoms with E-state index >= 15 is 0 Å². The average molecular weight is 501 g/mol. The number of benzene rings is 5. The number of phenolic OH excluding ortho intramolecular Hbond substituents is 1. The van der Waals surface area contributed by atoms with Gasteiger partial charge < -0.3 is 9.84 Å². The van der Waals surface area contributed by atoms with E-state index < -0.39 is 5.91 Å². The van der Waals surface area contributed by atoms with Crippen LogP contribution in [0.5, 0.6) is 11.5 Å². The molecular formula is C31H24N4O3. The first-order chi connectivity index (χ1) is 18.7. The zero-order valence-corrected chi connectivity index (χ0v) is 20.4. The monoisotopic (exact) mass is 500 g/mol. The molecule has 0 aliphatic rings. The van der Waals surface area contributed by atoms with E-state index in [2.05, 4.69) is 20.8 Å². The molecule has 5 aromatic carbocycles. The van der Waals surface area contributed by atoms with Crippen LogP contribution in [-0.2, 0) is 4.79 Å². The fraction of sp³-hybridized carbons (Fsp3) is 0.0323. The van der Waals surface area contributed by atoms with Gasteiger partial charge in [-0.05, 0) is 52.9 Å². The van der Waals surface area contributed by atoms with Crippen LogP contribution >= 0.6 is 0 Å². The van der Waals surface area contributed by atoms with Gasteiger partial charge in [0, 0.05) is 10.9 Å². The van der Waals surface area contributed by atoms with Gasteiger partial charge in [-0.15, -0.1) is 5.11 Å². The largest absolute Gasteiger partial charge is 0.507 e. The van der Waals surface area contributed by atoms with Crippen molar-refractivity contribution in [3.05, 3.63) is 121 Å². The number of nitrogens with one attached hydrogen (secondary N) is 1. The summed E-state index contributed by atoms with van der Waals surface area (Å²) in [5, 5.41) is 24.9. The molecule has 0 aromatic heterocycles. The molecule has 38 heavy (non-hydrogen) atoms. The van der Waals surface area contributed by atoms with Crippen LogP contribution in [-0.4, -0.2) is 23.8 Å². The summed E-state index contributed by atoms with van der Waals surface area (Å²) >= 11 is 0. The second-order valence-corrected chi connectivity index (χ2v) is 8.41. The van der Waals surface area contributed by atoms with Crippen molar-refractivity contribution in [1.82, 2.24) is 5.43 Å². The summed E-state index contributed by atoms with van der Waals surface area (Å²) < 4.78 is 5.55. The van der Waals surface area contributed by atoms with Crippen molar-refractivity contribution in [3.8, 4) is 22.6 Å². The van der Waals surface area contributed by atoms with E-state index in [1.807, 2.05) is 97.1 Å². The number of hydrogen-bond donors (Lipinski definition) is 2. The highest BCUT2D eigenvalue weighted by Gasteiger charge is 2.05. The molecule has 0 bridgehead atoms. The quantitative estimate of drug-likeness (QED) is 0.134. The van der Waals surface area contributed by atoms with Gasteiger partial charge in [-0.25, -0.2) is 5.43 Å². The Morgan fingerprint density at radius 2 is 1.53 bits per heavy atom. The minimum atomic E-state index is -0.431. The first kappa shape index (κ1) is 24.4. The SMILES string of the molecule is O=C(COc1ccc(-c2ccccc2)cc1)N/N=C/c1cc(N=Nc2cccc3ccccc23)ccc1O. The van der Waals surface area contributed by atoms with Crippen LogP contribution in [0.25, 0.3) is 21.9 Å². The van der Waals surface area contributed by atoms with Crippen LogP contribution in [0.1, 0.15) is 5.56 Å². The van der Waals surface area contributed by atoms with Crippen molar-refractivity contribution in [2.75, 3.05) is 6.61 Å². The molecule has 0 aliphatic carbocycles. The number of phenols is 1. The average Bonchev–Trinajstić information content (AvgIpc) is 2.97. The molecule has 1 amide bonds. The summed E-state index contributed by atoms with van der Waals surface area (Å²) in [5.74, 6) is 0.146. The van der Waals surface area contributed by atoms with Crippen molar-refractivity contribution in [1.29, 1.82) is 0 Å². The lowest BCUT2D eigenvalue weighted by atomic mass is 10.1. The lowest BCUT2D eigenvalue weighted by molar-refractivity contribution is -0.123. The number of hydrogen-bond acceptors (Lipinski definition) is 6. The molecule has 5 rings (SSSR count). The molecule has 0 saturated heterocycles. The van der Waals surface area contributed by atoms with Crippen LogP contribution in [0.15, 0.2) is 131 Å². The molecule has 7 nitrogen and oxygen atoms in total. The fourth-order valence-electron chi connectivity index (χ4n) is 3.84. The maximum atomic E-state index is 12.2. The van der Waals surface area contributed by atoms with E-state index in [0.29, 0.717) is 17.0 Å². The summed E-state index contributed by atoms with van der Waals surface area (Å²) in [6.45, 7) is -0.201. The zero-order valence-electron chi connectivity index (χ0n) is 20.4. The number of fused-ring (bicyclic) bond motifs is 1. The van der Waals surface area contributed by atoms with Crippen LogP contribution in [0.2, 0.25) is 0 Å². The number of aromatic hydroxyl groups is 1. The van der Waals surface area contributed by atoms with E-state index in [-0.39, 0.29) is 12.4 Å². The first-order valence-corrected chi connectivity index (χ1v) is 12.0. The third-order valence-corrected chi connectivity index (χ3v) is 5.78. The summed E-state index contributed by atoms with van der Waals surface area (Å²) in [4.78, 5) is 12.2. The molecule has 0 fully saturated rings. The second-order valence-electron chi connectivity index (χ2n) is 8.41. The Balaban J connectivity index is 1.17. The van der Waals surface area contributed by atoms with Crippen LogP contribution in [0.3, 0.4) is 0 Å². The fourth-order valence-corrected chi connectivity index (χ4v) is 3.84. The van der Waals surface area contributed by atoms with Crippen molar-refractivity contribution in [3.63, 3.8) is 0 Å². The number of ether oxygens (including phenoxy) is 1. The van der Waals surface area contributed by atoms with E-state index in [4.69, 9.17) is 4.74 Å². The molecule has 0 unspecified atom stereocenters. The number of hydrazone groups is 1. The molecule has 0 spiro atoms. The van der Waals surface area contributed by atoms with E-state index in [0.717, 1.165) is 27.6 Å². The summed E-state index contributed by atoms with van der Waals surface area (Å²) in [6.07, 6.45) is 1.35. The predicted molar refractivity (Wildman–Crippen MR) is 149 cm³/mol. The Morgan fingerprint density at radius 1 is 0.789 bits per heavy atom. The summed E-state index contributed by atoms with van der Waals surface area (Å²) in [7, 11) is 0. The molecule has 0 radical (unpaired) electrons. The predicted octanol–water partition coefficient (Wildman–Crippen LogP) is 7.16. The van der Waals surface area contributed by atoms with Crippen LogP contribution in [0.4, 0.5) is 11.4 Å². The summed E-state index contributed by atoms with van der Waals surface area (Å²) in [5.41, 5.74) is 6.23. The topological polar surface area (TPSA) is 95.6 Å². The zero-order chi connectivity index (χ0) is 26.2. The van der Waals surface area contributed by atoms with Gasteiger partial charge in [-0.2, -0.15) is 10.2 Å². The van der Waals surface area contributed by atoms with Gasteiger partial charge in [0.1, 0.15) is 11.5 Å². The third-order valence-electron chi connectivity index (χ3n) is 5.78. The van der Waals surface area contributed by atoms with Crippen LogP contribution in [0, 0.1) is 0 Å². The minimum absolute atomic E-state index is 0.00173. The number of amides is 1. The highest BCUT2D eigenvalue weighted by Crippen LogP contribution is 2.29. The highest BCUT2D eigenvalue weighted by molar-refractivity contribution is 5.92. The number of azo groups is 1. The molecule has 7 heteroatoms. The minimum Gasteiger partial charge on any atom is -0.507 e. The molecule has 2 N–H and O–H groups in total. The molecule has 0 aliphatic heterocycles. The Hall–Kier alpha value is -5.30. The maximum Gasteiger partial charge on any atom is 0.277 e. The Labute approximate surface area is 219 Å². The first-order valence-electron chi connectivity index (χ1n) is 12.0.